The topological polar surface area (TPSA) is 75.7 Å². The van der Waals surface area contributed by atoms with Crippen LogP contribution >= 0.6 is 0 Å². The van der Waals surface area contributed by atoms with Crippen molar-refractivity contribution in [3.63, 3.8) is 0 Å². The van der Waals surface area contributed by atoms with Gasteiger partial charge in [-0.15, -0.1) is 0 Å². The van der Waals surface area contributed by atoms with Crippen molar-refractivity contribution in [1.29, 1.82) is 0 Å². The Morgan fingerprint density at radius 3 is 2.68 bits per heavy atom. The van der Waals surface area contributed by atoms with Gasteiger partial charge in [0, 0.05) is 19.2 Å². The third-order valence-electron chi connectivity index (χ3n) is 5.10. The first-order valence-corrected chi connectivity index (χ1v) is 8.85. The summed E-state index contributed by atoms with van der Waals surface area (Å²) < 4.78 is 5.88. The van der Waals surface area contributed by atoms with Gasteiger partial charge in [-0.2, -0.15) is 0 Å². The van der Waals surface area contributed by atoms with Crippen LogP contribution in [0.5, 0.6) is 0 Å². The second kappa shape index (κ2) is 7.35. The normalized spacial score (nSPS) is 22.9. The molecular formula is C19H24N2O4. The first-order chi connectivity index (χ1) is 12.0. The van der Waals surface area contributed by atoms with Crippen molar-refractivity contribution >= 4 is 17.7 Å². The molecule has 1 N–H and O–H groups in total. The molecule has 0 unspecified atom stereocenters. The first kappa shape index (κ1) is 17.6. The summed E-state index contributed by atoms with van der Waals surface area (Å²) in [5.41, 5.74) is 1.01. The highest BCUT2D eigenvalue weighted by molar-refractivity contribution is 6.21. The molecule has 2 aliphatic rings. The number of amides is 3. The average molecular weight is 344 g/mol. The van der Waals surface area contributed by atoms with E-state index in [0.717, 1.165) is 11.3 Å². The fourth-order valence-electron chi connectivity index (χ4n) is 3.51. The Labute approximate surface area is 147 Å². The summed E-state index contributed by atoms with van der Waals surface area (Å²) in [4.78, 5) is 37.2. The van der Waals surface area contributed by atoms with E-state index in [1.807, 2.05) is 0 Å². The molecule has 1 aliphatic heterocycles. The lowest BCUT2D eigenvalue weighted by Crippen LogP contribution is -2.31. The van der Waals surface area contributed by atoms with E-state index in [4.69, 9.17) is 4.74 Å². The van der Waals surface area contributed by atoms with Gasteiger partial charge >= 0.3 is 0 Å². The Balaban J connectivity index is 1.52. The van der Waals surface area contributed by atoms with Gasteiger partial charge < -0.3 is 10.1 Å². The van der Waals surface area contributed by atoms with Crippen molar-refractivity contribution in [3.8, 4) is 0 Å². The van der Waals surface area contributed by atoms with Gasteiger partial charge in [-0.05, 0) is 37.0 Å². The van der Waals surface area contributed by atoms with Crippen LogP contribution in [0.3, 0.4) is 0 Å². The van der Waals surface area contributed by atoms with Crippen LogP contribution in [-0.4, -0.2) is 48.9 Å². The molecule has 1 saturated carbocycles. The Kier molecular flexibility index (Phi) is 5.18. The number of nitrogens with one attached hydrogen (secondary N) is 1. The molecule has 1 fully saturated rings. The van der Waals surface area contributed by atoms with Gasteiger partial charge in [0.1, 0.15) is 0 Å². The summed E-state index contributed by atoms with van der Waals surface area (Å²) in [6.07, 6.45) is 5.05. The van der Waals surface area contributed by atoms with Crippen molar-refractivity contribution in [2.45, 2.75) is 38.7 Å². The van der Waals surface area contributed by atoms with Gasteiger partial charge in [0.05, 0.1) is 23.8 Å². The molecular weight excluding hydrogens is 320 g/mol. The minimum Gasteiger partial charge on any atom is -0.376 e. The van der Waals surface area contributed by atoms with E-state index < -0.39 is 0 Å². The molecule has 6 nitrogen and oxygen atoms in total. The van der Waals surface area contributed by atoms with Crippen LogP contribution in [-0.2, 0) is 4.74 Å². The van der Waals surface area contributed by atoms with Crippen LogP contribution in [0.15, 0.2) is 18.2 Å². The maximum atomic E-state index is 12.3. The van der Waals surface area contributed by atoms with E-state index >= 15 is 0 Å². The van der Waals surface area contributed by atoms with Crippen LogP contribution in [0, 0.1) is 5.92 Å². The van der Waals surface area contributed by atoms with E-state index in [9.17, 15) is 14.4 Å². The van der Waals surface area contributed by atoms with Crippen molar-refractivity contribution in [3.05, 3.63) is 34.9 Å². The highest BCUT2D eigenvalue weighted by Gasteiger charge is 2.33. The fourth-order valence-corrected chi connectivity index (χ4v) is 3.51. The Morgan fingerprint density at radius 2 is 1.92 bits per heavy atom. The maximum absolute atomic E-state index is 12.3. The fraction of sp³-hybridized carbons (Fsp3) is 0.526. The monoisotopic (exact) mass is 344 g/mol. The van der Waals surface area contributed by atoms with Gasteiger partial charge in [0.15, 0.2) is 0 Å². The summed E-state index contributed by atoms with van der Waals surface area (Å²) in [5.74, 6) is -0.397. The Hall–Kier alpha value is -2.21. The lowest BCUT2D eigenvalue weighted by Gasteiger charge is -2.28. The van der Waals surface area contributed by atoms with Crippen molar-refractivity contribution < 1.29 is 19.1 Å². The van der Waals surface area contributed by atoms with Crippen molar-refractivity contribution in [2.24, 2.45) is 5.92 Å². The summed E-state index contributed by atoms with van der Waals surface area (Å²) in [6, 6.07) is 4.59. The largest absolute Gasteiger partial charge is 0.376 e. The lowest BCUT2D eigenvalue weighted by molar-refractivity contribution is -0.00293. The second-order valence-electron chi connectivity index (χ2n) is 6.86. The zero-order valence-corrected chi connectivity index (χ0v) is 14.7. The van der Waals surface area contributed by atoms with Gasteiger partial charge in [-0.1, -0.05) is 19.8 Å². The van der Waals surface area contributed by atoms with Crippen molar-refractivity contribution in [2.75, 3.05) is 20.2 Å². The number of hydrogen-bond donors (Lipinski definition) is 1. The van der Waals surface area contributed by atoms with Gasteiger partial charge in [0.25, 0.3) is 17.7 Å². The first-order valence-electron chi connectivity index (χ1n) is 8.85. The number of carbonyl (C=O) groups excluding carboxylic acids is 3. The number of hydrogen-bond acceptors (Lipinski definition) is 4. The van der Waals surface area contributed by atoms with Crippen LogP contribution in [0.25, 0.3) is 0 Å². The third kappa shape index (κ3) is 3.58. The molecule has 1 heterocycles. The predicted octanol–water partition coefficient (Wildman–Crippen LogP) is 2.24. The zero-order valence-electron chi connectivity index (χ0n) is 14.7. The smallest absolute Gasteiger partial charge is 0.261 e. The molecule has 0 radical (unpaired) electrons. The van der Waals surface area contributed by atoms with Gasteiger partial charge in [-0.25, -0.2) is 0 Å². The average Bonchev–Trinajstić information content (AvgIpc) is 2.84. The Bertz CT molecular complexity index is 701. The predicted molar refractivity (Wildman–Crippen MR) is 92.6 cm³/mol. The number of rotatable bonds is 5. The van der Waals surface area contributed by atoms with Gasteiger partial charge in [0.2, 0.25) is 0 Å². The molecule has 0 bridgehead atoms. The molecule has 0 spiro atoms. The molecule has 6 heteroatoms. The van der Waals surface area contributed by atoms with E-state index in [-0.39, 0.29) is 29.4 Å². The van der Waals surface area contributed by atoms with Gasteiger partial charge in [-0.3, -0.25) is 19.3 Å². The maximum Gasteiger partial charge on any atom is 0.261 e. The molecule has 3 amide bonds. The molecule has 1 aromatic carbocycles. The molecule has 1 aromatic rings. The zero-order chi connectivity index (χ0) is 18.0. The lowest BCUT2D eigenvalue weighted by atomic mass is 9.88. The summed E-state index contributed by atoms with van der Waals surface area (Å²) in [5, 5.41) is 2.81. The molecule has 134 valence electrons. The van der Waals surface area contributed by atoms with Crippen LogP contribution < -0.4 is 5.32 Å². The minimum absolute atomic E-state index is 0.266. The quantitative estimate of drug-likeness (QED) is 0.656. The van der Waals surface area contributed by atoms with E-state index in [1.165, 1.54) is 38.4 Å². The highest BCUT2D eigenvalue weighted by Crippen LogP contribution is 2.26. The van der Waals surface area contributed by atoms with E-state index in [0.29, 0.717) is 30.2 Å². The molecule has 3 rings (SSSR count). The van der Waals surface area contributed by atoms with E-state index in [1.54, 1.807) is 6.07 Å². The number of nitrogens with zero attached hydrogens (tertiary/aromatic N) is 1. The van der Waals surface area contributed by atoms with Crippen molar-refractivity contribution in [1.82, 2.24) is 10.2 Å². The van der Waals surface area contributed by atoms with Crippen LogP contribution in [0.2, 0.25) is 0 Å². The summed E-state index contributed by atoms with van der Waals surface area (Å²) >= 11 is 0. The van der Waals surface area contributed by atoms with Crippen LogP contribution in [0.4, 0.5) is 0 Å². The molecule has 1 aliphatic carbocycles. The molecule has 0 saturated heterocycles. The standard InChI is InChI=1S/C19H24N2O4/c1-12-5-3-4-6-16(12)25-10-9-20-17(22)13-7-8-14-15(11-13)19(24)21(2)18(14)23/h7-8,11-12,16H,3-6,9-10H2,1-2H3,(H,20,22)/t12-,16+/m0/s1. The SMILES string of the molecule is C[C@H]1CCCC[C@H]1OCCNC(=O)c1ccc2c(c1)C(=O)N(C)C2=O. The number of fused-ring (bicyclic) bond motifs is 1. The molecule has 2 atom stereocenters. The molecule has 25 heavy (non-hydrogen) atoms. The number of ether oxygens (including phenoxy) is 1. The summed E-state index contributed by atoms with van der Waals surface area (Å²) in [6.45, 7) is 3.11. The highest BCUT2D eigenvalue weighted by atomic mass is 16.5. The second-order valence-corrected chi connectivity index (χ2v) is 6.86. The third-order valence-corrected chi connectivity index (χ3v) is 5.10. The van der Waals surface area contributed by atoms with E-state index in [2.05, 4.69) is 12.2 Å². The Morgan fingerprint density at radius 1 is 1.20 bits per heavy atom. The molecule has 0 aromatic heterocycles. The number of imide groups is 1. The van der Waals surface area contributed by atoms with Crippen LogP contribution in [0.1, 0.15) is 63.7 Å². The minimum atomic E-state index is -0.371. The number of benzene rings is 1. The number of carbonyl (C=O) groups is 3. The summed E-state index contributed by atoms with van der Waals surface area (Å²) in [7, 11) is 1.44.